The molecular weight excluding hydrogens is 284 g/mol. The van der Waals surface area contributed by atoms with Gasteiger partial charge in [-0.2, -0.15) is 4.98 Å². The van der Waals surface area contributed by atoms with Crippen molar-refractivity contribution >= 4 is 22.3 Å². The van der Waals surface area contributed by atoms with Gasteiger partial charge < -0.3 is 15.2 Å². The van der Waals surface area contributed by atoms with Crippen LogP contribution in [-0.4, -0.2) is 23.2 Å². The van der Waals surface area contributed by atoms with Gasteiger partial charge in [-0.1, -0.05) is 0 Å². The highest BCUT2D eigenvalue weighted by molar-refractivity contribution is 7.16. The summed E-state index contributed by atoms with van der Waals surface area (Å²) < 4.78 is 5.53. The summed E-state index contributed by atoms with van der Waals surface area (Å²) in [6, 6.07) is 0. The first-order chi connectivity index (χ1) is 10.3. The molecule has 112 valence electrons. The highest BCUT2D eigenvalue weighted by Gasteiger charge is 2.25. The van der Waals surface area contributed by atoms with E-state index in [-0.39, 0.29) is 0 Å². The van der Waals surface area contributed by atoms with Crippen LogP contribution >= 0.6 is 11.3 Å². The van der Waals surface area contributed by atoms with Gasteiger partial charge in [0.15, 0.2) is 0 Å². The molecule has 6 heteroatoms. The van der Waals surface area contributed by atoms with Crippen LogP contribution in [-0.2, 0) is 12.8 Å². The van der Waals surface area contributed by atoms with Crippen LogP contribution in [0, 0.1) is 0 Å². The Morgan fingerprint density at radius 2 is 1.86 bits per heavy atom. The number of anilines is 2. The first-order valence-corrected chi connectivity index (χ1v) is 8.63. The van der Waals surface area contributed by atoms with Crippen LogP contribution in [0.3, 0.4) is 0 Å². The third-order valence-electron chi connectivity index (χ3n) is 4.47. The summed E-state index contributed by atoms with van der Waals surface area (Å²) in [6.45, 7) is 2.05. The van der Waals surface area contributed by atoms with Gasteiger partial charge in [0.2, 0.25) is 0 Å². The molecule has 5 nitrogen and oxygen atoms in total. The van der Waals surface area contributed by atoms with Crippen LogP contribution in [0.5, 0.6) is 0 Å². The van der Waals surface area contributed by atoms with Crippen molar-refractivity contribution in [3.05, 3.63) is 10.4 Å². The van der Waals surface area contributed by atoms with E-state index in [0.29, 0.717) is 5.89 Å². The molecule has 0 atom stereocenters. The summed E-state index contributed by atoms with van der Waals surface area (Å²) in [5, 5.41) is 5.00. The van der Waals surface area contributed by atoms with E-state index in [1.165, 1.54) is 42.5 Å². The Morgan fingerprint density at radius 1 is 1.05 bits per heavy atom. The zero-order valence-corrected chi connectivity index (χ0v) is 12.9. The Balaban J connectivity index is 1.68. The van der Waals surface area contributed by atoms with Crippen molar-refractivity contribution in [3.63, 3.8) is 0 Å². The largest absolute Gasteiger partial charge is 0.390 e. The van der Waals surface area contributed by atoms with Crippen LogP contribution in [0.25, 0.3) is 11.5 Å². The molecule has 1 fully saturated rings. The molecule has 1 aliphatic heterocycles. The van der Waals surface area contributed by atoms with Crippen LogP contribution in [0.4, 0.5) is 10.9 Å². The Bertz CT molecular complexity index is 642. The number of nitrogens with zero attached hydrogens (tertiary/aromatic N) is 3. The number of thiophene rings is 1. The van der Waals surface area contributed by atoms with Crippen molar-refractivity contribution in [3.8, 4) is 11.5 Å². The summed E-state index contributed by atoms with van der Waals surface area (Å²) in [5.74, 6) is 1.33. The molecule has 2 aromatic rings. The number of aromatic nitrogens is 2. The number of fused-ring (bicyclic) bond motifs is 1. The standard InChI is InChI=1S/C15H20N4OS/c16-13-12(10-6-2-3-7-11(10)21-13)14-17-15(18-20-14)19-8-4-1-5-9-19/h1-9,16H2. The van der Waals surface area contributed by atoms with E-state index in [1.807, 2.05) is 0 Å². The molecule has 2 aliphatic rings. The maximum absolute atomic E-state index is 6.22. The molecule has 1 saturated heterocycles. The highest BCUT2D eigenvalue weighted by Crippen LogP contribution is 2.42. The van der Waals surface area contributed by atoms with Gasteiger partial charge in [-0.05, 0) is 55.7 Å². The van der Waals surface area contributed by atoms with E-state index >= 15 is 0 Å². The predicted molar refractivity (Wildman–Crippen MR) is 84.7 cm³/mol. The minimum absolute atomic E-state index is 0.604. The minimum atomic E-state index is 0.604. The fraction of sp³-hybridized carbons (Fsp3) is 0.600. The molecule has 21 heavy (non-hydrogen) atoms. The lowest BCUT2D eigenvalue weighted by Crippen LogP contribution is -2.30. The number of piperidine rings is 1. The first kappa shape index (κ1) is 13.1. The topological polar surface area (TPSA) is 68.2 Å². The summed E-state index contributed by atoms with van der Waals surface area (Å²) in [4.78, 5) is 8.24. The molecule has 0 aromatic carbocycles. The number of aryl methyl sites for hydroxylation is 1. The Morgan fingerprint density at radius 3 is 2.71 bits per heavy atom. The van der Waals surface area contributed by atoms with E-state index in [4.69, 9.17) is 10.3 Å². The van der Waals surface area contributed by atoms with Gasteiger partial charge in [0, 0.05) is 18.0 Å². The average Bonchev–Trinajstić information content (AvgIpc) is 3.11. The first-order valence-electron chi connectivity index (χ1n) is 7.82. The van der Waals surface area contributed by atoms with Crippen molar-refractivity contribution in [2.45, 2.75) is 44.9 Å². The normalized spacial score (nSPS) is 18.8. The zero-order valence-electron chi connectivity index (χ0n) is 12.1. The molecule has 0 radical (unpaired) electrons. The second-order valence-corrected chi connectivity index (χ2v) is 7.03. The molecule has 2 N–H and O–H groups in total. The molecule has 0 unspecified atom stereocenters. The summed E-state index contributed by atoms with van der Waals surface area (Å²) >= 11 is 1.69. The number of nitrogen functional groups attached to an aromatic ring is 1. The van der Waals surface area contributed by atoms with Gasteiger partial charge >= 0.3 is 0 Å². The fourth-order valence-corrected chi connectivity index (χ4v) is 4.51. The lowest BCUT2D eigenvalue weighted by molar-refractivity contribution is 0.426. The molecule has 2 aromatic heterocycles. The van der Waals surface area contributed by atoms with Gasteiger partial charge in [0.25, 0.3) is 11.8 Å². The smallest absolute Gasteiger partial charge is 0.266 e. The van der Waals surface area contributed by atoms with Crippen molar-refractivity contribution in [1.82, 2.24) is 10.1 Å². The molecule has 1 aliphatic carbocycles. The highest BCUT2D eigenvalue weighted by atomic mass is 32.1. The molecule has 0 bridgehead atoms. The third-order valence-corrected chi connectivity index (χ3v) is 5.59. The second-order valence-electron chi connectivity index (χ2n) is 5.90. The van der Waals surface area contributed by atoms with Gasteiger partial charge in [-0.25, -0.2) is 0 Å². The van der Waals surface area contributed by atoms with Gasteiger partial charge in [-0.3, -0.25) is 0 Å². The van der Waals surface area contributed by atoms with Crippen LogP contribution in [0.15, 0.2) is 4.52 Å². The predicted octanol–water partition coefficient (Wildman–Crippen LogP) is 3.25. The van der Waals surface area contributed by atoms with E-state index in [0.717, 1.165) is 42.4 Å². The summed E-state index contributed by atoms with van der Waals surface area (Å²) in [5.41, 5.74) is 8.57. The molecule has 0 saturated carbocycles. The van der Waals surface area contributed by atoms with Crippen molar-refractivity contribution in [1.29, 1.82) is 0 Å². The number of rotatable bonds is 2. The number of hydrogen-bond donors (Lipinski definition) is 1. The van der Waals surface area contributed by atoms with E-state index < -0.39 is 0 Å². The minimum Gasteiger partial charge on any atom is -0.390 e. The van der Waals surface area contributed by atoms with E-state index in [1.54, 1.807) is 11.3 Å². The zero-order chi connectivity index (χ0) is 14.2. The maximum Gasteiger partial charge on any atom is 0.266 e. The summed E-state index contributed by atoms with van der Waals surface area (Å²) in [6.07, 6.45) is 8.42. The number of hydrogen-bond acceptors (Lipinski definition) is 6. The lowest BCUT2D eigenvalue weighted by atomic mass is 9.95. The van der Waals surface area contributed by atoms with Gasteiger partial charge in [0.05, 0.1) is 10.6 Å². The Labute approximate surface area is 128 Å². The quantitative estimate of drug-likeness (QED) is 0.922. The van der Waals surface area contributed by atoms with Crippen LogP contribution in [0.1, 0.15) is 42.5 Å². The second kappa shape index (κ2) is 5.33. The summed E-state index contributed by atoms with van der Waals surface area (Å²) in [7, 11) is 0. The van der Waals surface area contributed by atoms with Crippen molar-refractivity contribution in [2.24, 2.45) is 0 Å². The molecule has 3 heterocycles. The van der Waals surface area contributed by atoms with E-state index in [9.17, 15) is 0 Å². The van der Waals surface area contributed by atoms with Gasteiger partial charge in [-0.15, -0.1) is 11.3 Å². The van der Waals surface area contributed by atoms with Crippen molar-refractivity contribution in [2.75, 3.05) is 23.7 Å². The molecule has 0 amide bonds. The Hall–Kier alpha value is -1.56. The van der Waals surface area contributed by atoms with Gasteiger partial charge in [0.1, 0.15) is 0 Å². The fourth-order valence-electron chi connectivity index (χ4n) is 3.36. The SMILES string of the molecule is Nc1sc2c(c1-c1nc(N3CCCCC3)no1)CCCC2. The maximum atomic E-state index is 6.22. The van der Waals surface area contributed by atoms with E-state index in [2.05, 4.69) is 15.0 Å². The molecule has 0 spiro atoms. The van der Waals surface area contributed by atoms with Crippen LogP contribution in [0.2, 0.25) is 0 Å². The van der Waals surface area contributed by atoms with Crippen molar-refractivity contribution < 1.29 is 4.52 Å². The molecular formula is C15H20N4OS. The average molecular weight is 304 g/mol. The monoisotopic (exact) mass is 304 g/mol. The lowest BCUT2D eigenvalue weighted by Gasteiger charge is -2.24. The third kappa shape index (κ3) is 2.31. The molecule has 4 rings (SSSR count). The number of nitrogens with two attached hydrogens (primary N) is 1. The Kier molecular flexibility index (Phi) is 3.33. The van der Waals surface area contributed by atoms with Crippen LogP contribution < -0.4 is 10.6 Å².